The third-order valence-electron chi connectivity index (χ3n) is 3.99. The van der Waals surface area contributed by atoms with Gasteiger partial charge in [0.25, 0.3) is 5.91 Å². The number of carbonyl (C=O) groups is 1. The van der Waals surface area contributed by atoms with Crippen molar-refractivity contribution in [2.75, 3.05) is 18.8 Å². The predicted octanol–water partition coefficient (Wildman–Crippen LogP) is 2.90. The fourth-order valence-electron chi connectivity index (χ4n) is 2.57. The van der Waals surface area contributed by atoms with Gasteiger partial charge < -0.3 is 10.6 Å². The van der Waals surface area contributed by atoms with E-state index >= 15 is 0 Å². The Hall–Kier alpha value is -1.37. The summed E-state index contributed by atoms with van der Waals surface area (Å²) < 4.78 is 0. The molecule has 1 aromatic heterocycles. The average molecular weight is 333 g/mol. The molecule has 1 aliphatic heterocycles. The number of amides is 1. The fraction of sp³-hybridized carbons (Fsp3) is 0.375. The number of aromatic nitrogens is 1. The summed E-state index contributed by atoms with van der Waals surface area (Å²) in [5, 5.41) is 0.0711. The van der Waals surface area contributed by atoms with Gasteiger partial charge in [-0.3, -0.25) is 4.79 Å². The highest BCUT2D eigenvalue weighted by Gasteiger charge is 2.31. The van der Waals surface area contributed by atoms with Gasteiger partial charge in [-0.25, -0.2) is 4.98 Å². The van der Waals surface area contributed by atoms with Crippen LogP contribution < -0.4 is 5.73 Å². The first-order chi connectivity index (χ1) is 10.6. The van der Waals surface area contributed by atoms with E-state index in [1.165, 1.54) is 22.5 Å². The number of thiazole rings is 1. The number of rotatable bonds is 3. The van der Waals surface area contributed by atoms with Crippen LogP contribution in [0.1, 0.15) is 21.6 Å². The lowest BCUT2D eigenvalue weighted by atomic mass is 10.0. The third kappa shape index (κ3) is 2.78. The van der Waals surface area contributed by atoms with E-state index in [-0.39, 0.29) is 11.3 Å². The Balaban J connectivity index is 1.94. The minimum atomic E-state index is -0.00470. The molecule has 3 rings (SSSR count). The number of benzene rings is 1. The van der Waals surface area contributed by atoms with Crippen molar-refractivity contribution < 1.29 is 4.79 Å². The highest BCUT2D eigenvalue weighted by Crippen LogP contribution is 2.32. The summed E-state index contributed by atoms with van der Waals surface area (Å²) in [7, 11) is 0. The van der Waals surface area contributed by atoms with Gasteiger partial charge in [-0.15, -0.1) is 23.1 Å². The van der Waals surface area contributed by atoms with E-state index in [1.807, 2.05) is 4.90 Å². The fourth-order valence-corrected chi connectivity index (χ4v) is 4.44. The van der Waals surface area contributed by atoms with Crippen molar-refractivity contribution in [3.8, 4) is 10.4 Å². The Bertz CT molecular complexity index is 698. The number of thioether (sulfide) groups is 1. The average Bonchev–Trinajstić information content (AvgIpc) is 3.17. The van der Waals surface area contributed by atoms with E-state index in [9.17, 15) is 4.79 Å². The van der Waals surface area contributed by atoms with Crippen LogP contribution in [0.4, 0.5) is 0 Å². The van der Waals surface area contributed by atoms with E-state index in [1.54, 1.807) is 17.3 Å². The zero-order valence-electron chi connectivity index (χ0n) is 12.7. The molecule has 2 heterocycles. The van der Waals surface area contributed by atoms with Crippen molar-refractivity contribution in [3.63, 3.8) is 0 Å². The maximum Gasteiger partial charge on any atom is 0.274 e. The Morgan fingerprint density at radius 1 is 1.41 bits per heavy atom. The first-order valence-corrected chi connectivity index (χ1v) is 9.18. The van der Waals surface area contributed by atoms with Crippen LogP contribution in [0.15, 0.2) is 23.7 Å². The van der Waals surface area contributed by atoms with Crippen LogP contribution in [0.3, 0.4) is 0 Å². The molecule has 1 atom stereocenters. The summed E-state index contributed by atoms with van der Waals surface area (Å²) in [6.45, 7) is 5.41. The van der Waals surface area contributed by atoms with Gasteiger partial charge in [0.15, 0.2) is 0 Å². The molecular formula is C16H19N3OS2. The zero-order valence-corrected chi connectivity index (χ0v) is 14.3. The van der Waals surface area contributed by atoms with E-state index in [0.29, 0.717) is 12.2 Å². The van der Waals surface area contributed by atoms with Gasteiger partial charge >= 0.3 is 0 Å². The van der Waals surface area contributed by atoms with E-state index < -0.39 is 0 Å². The molecule has 0 saturated carbocycles. The monoisotopic (exact) mass is 333 g/mol. The van der Waals surface area contributed by atoms with Crippen LogP contribution in [0.5, 0.6) is 0 Å². The zero-order chi connectivity index (χ0) is 15.7. The van der Waals surface area contributed by atoms with Gasteiger partial charge in [-0.1, -0.05) is 18.2 Å². The minimum Gasteiger partial charge on any atom is -0.328 e. The first kappa shape index (κ1) is 15.5. The van der Waals surface area contributed by atoms with Gasteiger partial charge in [0.05, 0.1) is 15.8 Å². The van der Waals surface area contributed by atoms with Gasteiger partial charge in [-0.05, 0) is 30.5 Å². The number of carbonyl (C=O) groups excluding carboxylic acids is 1. The van der Waals surface area contributed by atoms with E-state index in [4.69, 9.17) is 5.73 Å². The lowest BCUT2D eigenvalue weighted by Gasteiger charge is -2.22. The van der Waals surface area contributed by atoms with Crippen LogP contribution in [0.2, 0.25) is 0 Å². The molecule has 2 N–H and O–H groups in total. The SMILES string of the molecule is Cc1ccc(-c2scnc2C(=O)N2CCSC2CN)cc1C. The third-order valence-corrected chi connectivity index (χ3v) is 6.12. The highest BCUT2D eigenvalue weighted by molar-refractivity contribution is 8.00. The quantitative estimate of drug-likeness (QED) is 0.938. The standard InChI is InChI=1S/C16H19N3OS2/c1-10-3-4-12(7-11(10)2)15-14(18-9-22-15)16(20)19-5-6-21-13(19)8-17/h3-4,7,9,13H,5-6,8,17H2,1-2H3. The summed E-state index contributed by atoms with van der Waals surface area (Å²) in [4.78, 5) is 20.0. The van der Waals surface area contributed by atoms with Crippen molar-refractivity contribution in [1.82, 2.24) is 9.88 Å². The van der Waals surface area contributed by atoms with Crippen LogP contribution in [0.25, 0.3) is 10.4 Å². The second-order valence-corrected chi connectivity index (χ2v) is 7.53. The molecule has 6 heteroatoms. The number of aryl methyl sites for hydroxylation is 2. The molecule has 1 unspecified atom stereocenters. The van der Waals surface area contributed by atoms with E-state index in [0.717, 1.165) is 22.7 Å². The molecule has 22 heavy (non-hydrogen) atoms. The molecule has 1 saturated heterocycles. The molecule has 1 aromatic carbocycles. The normalized spacial score (nSPS) is 18.0. The Labute approximate surface area is 138 Å². The Kier molecular flexibility index (Phi) is 4.52. The Morgan fingerprint density at radius 3 is 2.95 bits per heavy atom. The van der Waals surface area contributed by atoms with Crippen molar-refractivity contribution in [1.29, 1.82) is 0 Å². The van der Waals surface area contributed by atoms with Crippen molar-refractivity contribution in [2.24, 2.45) is 5.73 Å². The molecule has 0 radical (unpaired) electrons. The smallest absolute Gasteiger partial charge is 0.274 e. The molecule has 1 fully saturated rings. The number of hydrogen-bond donors (Lipinski definition) is 1. The second-order valence-electron chi connectivity index (χ2n) is 5.39. The second kappa shape index (κ2) is 6.40. The molecule has 2 aromatic rings. The predicted molar refractivity (Wildman–Crippen MR) is 93.4 cm³/mol. The molecule has 0 spiro atoms. The molecule has 1 amide bonds. The maximum atomic E-state index is 12.8. The van der Waals surface area contributed by atoms with Crippen LogP contribution >= 0.6 is 23.1 Å². The summed E-state index contributed by atoms with van der Waals surface area (Å²) in [6.07, 6.45) is 0. The van der Waals surface area contributed by atoms with Crippen molar-refractivity contribution >= 4 is 29.0 Å². The van der Waals surface area contributed by atoms with E-state index in [2.05, 4.69) is 37.0 Å². The minimum absolute atomic E-state index is 0.00470. The number of hydrogen-bond acceptors (Lipinski definition) is 5. The molecule has 116 valence electrons. The van der Waals surface area contributed by atoms with Crippen LogP contribution in [-0.2, 0) is 0 Å². The molecular weight excluding hydrogens is 314 g/mol. The van der Waals surface area contributed by atoms with Crippen molar-refractivity contribution in [3.05, 3.63) is 40.5 Å². The van der Waals surface area contributed by atoms with Gasteiger partial charge in [0.2, 0.25) is 0 Å². The van der Waals surface area contributed by atoms with Gasteiger partial charge in [0.1, 0.15) is 5.69 Å². The molecule has 4 nitrogen and oxygen atoms in total. The molecule has 1 aliphatic rings. The summed E-state index contributed by atoms with van der Waals surface area (Å²) in [6, 6.07) is 6.28. The topological polar surface area (TPSA) is 59.2 Å². The van der Waals surface area contributed by atoms with Crippen LogP contribution in [0, 0.1) is 13.8 Å². The molecule has 0 aliphatic carbocycles. The molecule has 0 bridgehead atoms. The number of nitrogens with two attached hydrogens (primary N) is 1. The lowest BCUT2D eigenvalue weighted by molar-refractivity contribution is 0.0760. The summed E-state index contributed by atoms with van der Waals surface area (Å²) >= 11 is 3.25. The number of nitrogens with zero attached hydrogens (tertiary/aromatic N) is 2. The summed E-state index contributed by atoms with van der Waals surface area (Å²) in [5.41, 5.74) is 11.6. The van der Waals surface area contributed by atoms with Crippen LogP contribution in [-0.4, -0.2) is 40.0 Å². The summed E-state index contributed by atoms with van der Waals surface area (Å²) in [5.74, 6) is 0.936. The largest absolute Gasteiger partial charge is 0.328 e. The van der Waals surface area contributed by atoms with Gasteiger partial charge in [0, 0.05) is 18.8 Å². The Morgan fingerprint density at radius 2 is 2.23 bits per heavy atom. The highest BCUT2D eigenvalue weighted by atomic mass is 32.2. The van der Waals surface area contributed by atoms with Gasteiger partial charge in [-0.2, -0.15) is 0 Å². The lowest BCUT2D eigenvalue weighted by Crippen LogP contribution is -2.39. The van der Waals surface area contributed by atoms with Crippen molar-refractivity contribution in [2.45, 2.75) is 19.2 Å². The first-order valence-electron chi connectivity index (χ1n) is 7.25. The maximum absolute atomic E-state index is 12.8.